The molecule has 0 amide bonds. The number of aryl methyl sites for hydroxylation is 2. The standard InChI is InChI=1S/C22H26/c1-3-13-21-17(7-1)9-5-11-19(21)15-16-20-12-6-10-18-8-2-4-14-22(18)20/h1-4,7-8,13-14,19-20H,5-6,9-12,15-16H2. The van der Waals surface area contributed by atoms with Crippen molar-refractivity contribution in [3.05, 3.63) is 70.8 Å². The number of rotatable bonds is 3. The van der Waals surface area contributed by atoms with Gasteiger partial charge in [0.05, 0.1) is 0 Å². The van der Waals surface area contributed by atoms with Crippen molar-refractivity contribution in [1.29, 1.82) is 0 Å². The molecule has 0 N–H and O–H groups in total. The van der Waals surface area contributed by atoms with Gasteiger partial charge >= 0.3 is 0 Å². The van der Waals surface area contributed by atoms with Crippen molar-refractivity contribution >= 4 is 0 Å². The molecular formula is C22H26. The van der Waals surface area contributed by atoms with Crippen LogP contribution in [-0.2, 0) is 12.8 Å². The highest BCUT2D eigenvalue weighted by atomic mass is 14.3. The fourth-order valence-corrected chi connectivity index (χ4v) is 4.71. The van der Waals surface area contributed by atoms with Crippen molar-refractivity contribution in [2.24, 2.45) is 0 Å². The molecule has 2 atom stereocenters. The van der Waals surface area contributed by atoms with Gasteiger partial charge in [-0.3, -0.25) is 0 Å². The van der Waals surface area contributed by atoms with Crippen LogP contribution in [0.1, 0.15) is 72.6 Å². The molecule has 0 radical (unpaired) electrons. The SMILES string of the molecule is c1ccc2c(c1)CCCC2CCC1CCCc2ccccc21. The topological polar surface area (TPSA) is 0 Å². The average molecular weight is 290 g/mol. The molecule has 0 aliphatic heterocycles. The molecule has 22 heavy (non-hydrogen) atoms. The molecule has 0 aromatic heterocycles. The van der Waals surface area contributed by atoms with Crippen molar-refractivity contribution < 1.29 is 0 Å². The van der Waals surface area contributed by atoms with E-state index in [0.29, 0.717) is 0 Å². The van der Waals surface area contributed by atoms with E-state index < -0.39 is 0 Å². The summed E-state index contributed by atoms with van der Waals surface area (Å²) in [4.78, 5) is 0. The number of hydrogen-bond donors (Lipinski definition) is 0. The fourth-order valence-electron chi connectivity index (χ4n) is 4.71. The lowest BCUT2D eigenvalue weighted by atomic mass is 9.75. The summed E-state index contributed by atoms with van der Waals surface area (Å²) in [6, 6.07) is 18.3. The second kappa shape index (κ2) is 6.28. The van der Waals surface area contributed by atoms with Crippen LogP contribution in [0.5, 0.6) is 0 Å². The average Bonchev–Trinajstić information content (AvgIpc) is 2.60. The maximum absolute atomic E-state index is 2.38. The Kier molecular flexibility index (Phi) is 4.01. The summed E-state index contributed by atoms with van der Waals surface area (Å²) in [5.41, 5.74) is 6.53. The normalized spacial score (nSPS) is 23.6. The van der Waals surface area contributed by atoms with Crippen LogP contribution in [0.15, 0.2) is 48.5 Å². The minimum absolute atomic E-state index is 0.805. The molecule has 0 heteroatoms. The molecule has 2 aromatic carbocycles. The van der Waals surface area contributed by atoms with Crippen LogP contribution < -0.4 is 0 Å². The van der Waals surface area contributed by atoms with E-state index in [1.54, 1.807) is 22.3 Å². The number of fused-ring (bicyclic) bond motifs is 2. The van der Waals surface area contributed by atoms with Crippen LogP contribution in [0.2, 0.25) is 0 Å². The lowest BCUT2D eigenvalue weighted by molar-refractivity contribution is 0.444. The molecule has 0 spiro atoms. The van der Waals surface area contributed by atoms with Crippen molar-refractivity contribution in [3.8, 4) is 0 Å². The van der Waals surface area contributed by atoms with Gasteiger partial charge in [0.2, 0.25) is 0 Å². The molecule has 2 aliphatic carbocycles. The molecule has 0 saturated heterocycles. The quantitative estimate of drug-likeness (QED) is 0.649. The van der Waals surface area contributed by atoms with Crippen LogP contribution in [-0.4, -0.2) is 0 Å². The van der Waals surface area contributed by atoms with Gasteiger partial charge in [-0.15, -0.1) is 0 Å². The molecule has 0 bridgehead atoms. The van der Waals surface area contributed by atoms with Gasteiger partial charge in [-0.25, -0.2) is 0 Å². The summed E-state index contributed by atoms with van der Waals surface area (Å²) >= 11 is 0. The zero-order valence-corrected chi connectivity index (χ0v) is 13.4. The second-order valence-corrected chi connectivity index (χ2v) is 7.15. The summed E-state index contributed by atoms with van der Waals surface area (Å²) in [5, 5.41) is 0. The minimum Gasteiger partial charge on any atom is -0.0620 e. The van der Waals surface area contributed by atoms with Gasteiger partial charge in [0.15, 0.2) is 0 Å². The van der Waals surface area contributed by atoms with Gasteiger partial charge in [-0.2, -0.15) is 0 Å². The lowest BCUT2D eigenvalue weighted by Gasteiger charge is -2.29. The molecule has 0 nitrogen and oxygen atoms in total. The van der Waals surface area contributed by atoms with E-state index in [4.69, 9.17) is 0 Å². The van der Waals surface area contributed by atoms with E-state index in [-0.39, 0.29) is 0 Å². The highest BCUT2D eigenvalue weighted by molar-refractivity contribution is 5.34. The Bertz CT molecular complexity index is 582. The zero-order chi connectivity index (χ0) is 14.8. The second-order valence-electron chi connectivity index (χ2n) is 7.15. The summed E-state index contributed by atoms with van der Waals surface area (Å²) in [6.45, 7) is 0. The van der Waals surface area contributed by atoms with E-state index in [1.165, 1.54) is 51.4 Å². The van der Waals surface area contributed by atoms with Crippen molar-refractivity contribution in [2.75, 3.05) is 0 Å². The van der Waals surface area contributed by atoms with E-state index in [1.807, 2.05) is 0 Å². The predicted octanol–water partition coefficient (Wildman–Crippen LogP) is 6.01. The molecule has 2 aliphatic rings. The first-order valence-corrected chi connectivity index (χ1v) is 9.07. The van der Waals surface area contributed by atoms with Crippen LogP contribution in [0.3, 0.4) is 0 Å². The van der Waals surface area contributed by atoms with Crippen LogP contribution in [0, 0.1) is 0 Å². The maximum atomic E-state index is 2.38. The van der Waals surface area contributed by atoms with Gasteiger partial charge in [0, 0.05) is 0 Å². The Hall–Kier alpha value is -1.56. The van der Waals surface area contributed by atoms with Gasteiger partial charge in [-0.1, -0.05) is 48.5 Å². The summed E-state index contributed by atoms with van der Waals surface area (Å²) in [6.07, 6.45) is 10.9. The Morgan fingerprint density at radius 1 is 0.636 bits per heavy atom. The highest BCUT2D eigenvalue weighted by Gasteiger charge is 2.24. The Morgan fingerprint density at radius 3 is 1.59 bits per heavy atom. The van der Waals surface area contributed by atoms with Crippen LogP contribution in [0.25, 0.3) is 0 Å². The molecule has 2 aromatic rings. The van der Waals surface area contributed by atoms with E-state index in [0.717, 1.165) is 11.8 Å². The Balaban J connectivity index is 1.48. The molecule has 2 unspecified atom stereocenters. The largest absolute Gasteiger partial charge is 0.0620 e. The lowest BCUT2D eigenvalue weighted by Crippen LogP contribution is -2.13. The van der Waals surface area contributed by atoms with E-state index >= 15 is 0 Å². The van der Waals surface area contributed by atoms with Crippen molar-refractivity contribution in [3.63, 3.8) is 0 Å². The summed E-state index contributed by atoms with van der Waals surface area (Å²) < 4.78 is 0. The van der Waals surface area contributed by atoms with Gasteiger partial charge in [0.25, 0.3) is 0 Å². The van der Waals surface area contributed by atoms with Gasteiger partial charge < -0.3 is 0 Å². The summed E-state index contributed by atoms with van der Waals surface area (Å²) in [5.74, 6) is 1.61. The van der Waals surface area contributed by atoms with Crippen molar-refractivity contribution in [2.45, 2.75) is 63.2 Å². The first kappa shape index (κ1) is 14.1. The molecule has 114 valence electrons. The van der Waals surface area contributed by atoms with Crippen LogP contribution >= 0.6 is 0 Å². The predicted molar refractivity (Wildman–Crippen MR) is 93.5 cm³/mol. The third kappa shape index (κ3) is 2.72. The molecule has 0 fully saturated rings. The van der Waals surface area contributed by atoms with Crippen molar-refractivity contribution in [1.82, 2.24) is 0 Å². The zero-order valence-electron chi connectivity index (χ0n) is 13.4. The number of benzene rings is 2. The highest BCUT2D eigenvalue weighted by Crippen LogP contribution is 2.40. The van der Waals surface area contributed by atoms with E-state index in [2.05, 4.69) is 48.5 Å². The Morgan fingerprint density at radius 2 is 1.09 bits per heavy atom. The first-order chi connectivity index (χ1) is 10.9. The molecule has 0 saturated carbocycles. The smallest absolute Gasteiger partial charge is 0.0159 e. The minimum atomic E-state index is 0.805. The molecule has 0 heterocycles. The molecule has 4 rings (SSSR count). The fraction of sp³-hybridized carbons (Fsp3) is 0.455. The first-order valence-electron chi connectivity index (χ1n) is 9.07. The van der Waals surface area contributed by atoms with Gasteiger partial charge in [-0.05, 0) is 85.5 Å². The van der Waals surface area contributed by atoms with E-state index in [9.17, 15) is 0 Å². The maximum Gasteiger partial charge on any atom is -0.0159 e. The summed E-state index contributed by atoms with van der Waals surface area (Å²) in [7, 11) is 0. The monoisotopic (exact) mass is 290 g/mol. The number of hydrogen-bond acceptors (Lipinski definition) is 0. The van der Waals surface area contributed by atoms with Crippen LogP contribution in [0.4, 0.5) is 0 Å². The third-order valence-electron chi connectivity index (χ3n) is 5.85. The third-order valence-corrected chi connectivity index (χ3v) is 5.85. The van der Waals surface area contributed by atoms with Gasteiger partial charge in [0.1, 0.15) is 0 Å². The molecular weight excluding hydrogens is 264 g/mol. The Labute approximate surface area is 134 Å².